The van der Waals surface area contributed by atoms with E-state index in [4.69, 9.17) is 4.74 Å². The molecule has 1 atom stereocenters. The summed E-state index contributed by atoms with van der Waals surface area (Å²) in [6.07, 6.45) is 1.13. The second kappa shape index (κ2) is 10.5. The fraction of sp³-hybridized carbons (Fsp3) is 0.320. The molecule has 1 saturated heterocycles. The molecule has 2 aromatic carbocycles. The van der Waals surface area contributed by atoms with Crippen LogP contribution in [0.3, 0.4) is 0 Å². The van der Waals surface area contributed by atoms with Crippen molar-refractivity contribution in [3.05, 3.63) is 92.5 Å². The van der Waals surface area contributed by atoms with Crippen molar-refractivity contribution in [3.8, 4) is 5.69 Å². The van der Waals surface area contributed by atoms with Gasteiger partial charge in [0.2, 0.25) is 5.69 Å². The number of piperidine rings is 1. The van der Waals surface area contributed by atoms with Crippen molar-refractivity contribution in [2.75, 3.05) is 19.7 Å². The summed E-state index contributed by atoms with van der Waals surface area (Å²) in [4.78, 5) is 53.6. The number of amides is 1. The zero-order chi connectivity index (χ0) is 24.9. The number of carbonyl (C=O) groups is 2. The van der Waals surface area contributed by atoms with Crippen molar-refractivity contribution in [1.82, 2.24) is 19.2 Å². The largest absolute Gasteiger partial charge is 0.466 e. The second-order valence-corrected chi connectivity index (χ2v) is 8.24. The number of ether oxygens (including phenoxy) is 1. The molecule has 0 spiro atoms. The third kappa shape index (κ3) is 5.21. The lowest BCUT2D eigenvalue weighted by Gasteiger charge is -2.31. The highest BCUT2D eigenvalue weighted by Gasteiger charge is 2.32. The normalized spacial score (nSPS) is 15.6. The van der Waals surface area contributed by atoms with Crippen molar-refractivity contribution in [2.45, 2.75) is 26.3 Å². The molecule has 3 aromatic rings. The fourth-order valence-electron chi connectivity index (χ4n) is 4.11. The first-order chi connectivity index (χ1) is 16.9. The molecule has 2 heterocycles. The Morgan fingerprint density at radius 1 is 1.11 bits per heavy atom. The van der Waals surface area contributed by atoms with Crippen LogP contribution in [0.1, 0.15) is 35.8 Å². The Kier molecular flexibility index (Phi) is 7.19. The Hall–Kier alpha value is -4.08. The van der Waals surface area contributed by atoms with Gasteiger partial charge in [0.1, 0.15) is 5.82 Å². The Bertz CT molecular complexity index is 1350. The number of halogens is 1. The second-order valence-electron chi connectivity index (χ2n) is 8.24. The summed E-state index contributed by atoms with van der Waals surface area (Å²) >= 11 is 0. The summed E-state index contributed by atoms with van der Waals surface area (Å²) in [6, 6.07) is 13.9. The Balaban J connectivity index is 1.77. The average Bonchev–Trinajstić information content (AvgIpc) is 2.87. The number of nitrogens with zero attached hydrogens (tertiary/aromatic N) is 4. The van der Waals surface area contributed by atoms with Crippen LogP contribution < -0.4 is 11.2 Å². The third-order valence-corrected chi connectivity index (χ3v) is 5.82. The van der Waals surface area contributed by atoms with Crippen molar-refractivity contribution in [3.63, 3.8) is 0 Å². The SMILES string of the molecule is CCOC(=O)C1CCCN(C(=O)c2nn(-c3ccccc3)c(=O)n(Cc3cccc(F)c3)c2=O)C1. The van der Waals surface area contributed by atoms with Crippen molar-refractivity contribution in [2.24, 2.45) is 5.92 Å². The maximum atomic E-state index is 13.7. The summed E-state index contributed by atoms with van der Waals surface area (Å²) in [6.45, 7) is 2.13. The predicted molar refractivity (Wildman–Crippen MR) is 125 cm³/mol. The van der Waals surface area contributed by atoms with Gasteiger partial charge in [-0.25, -0.2) is 9.18 Å². The van der Waals surface area contributed by atoms with Gasteiger partial charge < -0.3 is 9.64 Å². The van der Waals surface area contributed by atoms with Gasteiger partial charge in [0.25, 0.3) is 11.5 Å². The standard InChI is InChI=1S/C25H25FN4O5/c1-2-35-24(33)18-9-7-13-28(16-18)22(31)21-23(32)29(15-17-8-6-10-19(26)14-17)25(34)30(27-21)20-11-4-3-5-12-20/h3-6,8,10-12,14,18H,2,7,9,13,15-16H2,1H3. The number of likely N-dealkylation sites (tertiary alicyclic amines) is 1. The van der Waals surface area contributed by atoms with Crippen LogP contribution in [0.15, 0.2) is 64.2 Å². The molecule has 9 nitrogen and oxygen atoms in total. The molecule has 182 valence electrons. The quantitative estimate of drug-likeness (QED) is 0.500. The fourth-order valence-corrected chi connectivity index (χ4v) is 4.11. The summed E-state index contributed by atoms with van der Waals surface area (Å²) in [7, 11) is 0. The Morgan fingerprint density at radius 3 is 2.60 bits per heavy atom. The van der Waals surface area contributed by atoms with E-state index in [1.807, 2.05) is 0 Å². The molecule has 0 bridgehead atoms. The van der Waals surface area contributed by atoms with Crippen LogP contribution in [-0.2, 0) is 16.1 Å². The Morgan fingerprint density at radius 2 is 1.89 bits per heavy atom. The van der Waals surface area contributed by atoms with Gasteiger partial charge in [0.15, 0.2) is 0 Å². The van der Waals surface area contributed by atoms with Crippen LogP contribution in [0.5, 0.6) is 0 Å². The van der Waals surface area contributed by atoms with E-state index in [1.54, 1.807) is 43.3 Å². The first kappa shape index (κ1) is 24.1. The van der Waals surface area contributed by atoms with Crippen LogP contribution in [0.4, 0.5) is 4.39 Å². The van der Waals surface area contributed by atoms with E-state index in [0.717, 1.165) is 9.25 Å². The number of aromatic nitrogens is 3. The van der Waals surface area contributed by atoms with Crippen LogP contribution in [0.2, 0.25) is 0 Å². The van der Waals surface area contributed by atoms with Gasteiger partial charge >= 0.3 is 11.7 Å². The molecule has 0 N–H and O–H groups in total. The monoisotopic (exact) mass is 480 g/mol. The number of benzene rings is 2. The van der Waals surface area contributed by atoms with Gasteiger partial charge in [-0.3, -0.25) is 19.0 Å². The molecule has 1 aliphatic rings. The molecule has 1 aromatic heterocycles. The smallest absolute Gasteiger partial charge is 0.352 e. The Labute approximate surface area is 200 Å². The molecule has 1 fully saturated rings. The van der Waals surface area contributed by atoms with E-state index in [0.29, 0.717) is 30.6 Å². The lowest BCUT2D eigenvalue weighted by atomic mass is 9.98. The van der Waals surface area contributed by atoms with Crippen LogP contribution in [0.25, 0.3) is 5.69 Å². The van der Waals surface area contributed by atoms with Gasteiger partial charge in [0, 0.05) is 13.1 Å². The molecule has 1 amide bonds. The van der Waals surface area contributed by atoms with E-state index in [9.17, 15) is 23.6 Å². The van der Waals surface area contributed by atoms with Crippen LogP contribution >= 0.6 is 0 Å². The van der Waals surface area contributed by atoms with Gasteiger partial charge in [-0.15, -0.1) is 0 Å². The molecule has 1 unspecified atom stereocenters. The predicted octanol–water partition coefficient (Wildman–Crippen LogP) is 2.00. The number of esters is 1. The highest BCUT2D eigenvalue weighted by atomic mass is 19.1. The summed E-state index contributed by atoms with van der Waals surface area (Å²) in [5, 5.41) is 4.13. The topological polar surface area (TPSA) is 104 Å². The van der Waals surface area contributed by atoms with Gasteiger partial charge in [-0.2, -0.15) is 9.78 Å². The van der Waals surface area contributed by atoms with Gasteiger partial charge in [0.05, 0.1) is 24.8 Å². The van der Waals surface area contributed by atoms with Crippen molar-refractivity contribution in [1.29, 1.82) is 0 Å². The highest BCUT2D eigenvalue weighted by molar-refractivity contribution is 5.92. The number of para-hydroxylation sites is 1. The molecule has 4 rings (SSSR count). The summed E-state index contributed by atoms with van der Waals surface area (Å²) in [5.74, 6) is -2.08. The highest BCUT2D eigenvalue weighted by Crippen LogP contribution is 2.19. The molecule has 0 aliphatic carbocycles. The lowest BCUT2D eigenvalue weighted by Crippen LogP contribution is -2.49. The maximum Gasteiger partial charge on any atom is 0.352 e. The van der Waals surface area contributed by atoms with Gasteiger partial charge in [-0.05, 0) is 49.6 Å². The van der Waals surface area contributed by atoms with Gasteiger partial charge in [-0.1, -0.05) is 30.3 Å². The van der Waals surface area contributed by atoms with E-state index < -0.39 is 40.6 Å². The van der Waals surface area contributed by atoms with Crippen molar-refractivity contribution < 1.29 is 18.7 Å². The minimum absolute atomic E-state index is 0.0904. The number of rotatable bonds is 6. The zero-order valence-corrected chi connectivity index (χ0v) is 19.2. The van der Waals surface area contributed by atoms with Crippen molar-refractivity contribution >= 4 is 11.9 Å². The molecule has 1 aliphatic heterocycles. The molecule has 10 heteroatoms. The first-order valence-electron chi connectivity index (χ1n) is 11.4. The molecule has 0 radical (unpaired) electrons. The minimum atomic E-state index is -0.880. The zero-order valence-electron chi connectivity index (χ0n) is 19.2. The lowest BCUT2D eigenvalue weighted by molar-refractivity contribution is -0.149. The maximum absolute atomic E-state index is 13.7. The van der Waals surface area contributed by atoms with E-state index >= 15 is 0 Å². The average molecular weight is 480 g/mol. The van der Waals surface area contributed by atoms with Crippen LogP contribution in [0, 0.1) is 11.7 Å². The molecule has 0 saturated carbocycles. The molecular formula is C25H25FN4O5. The number of carbonyl (C=O) groups excluding carboxylic acids is 2. The summed E-state index contributed by atoms with van der Waals surface area (Å²) in [5.41, 5.74) is -1.34. The number of hydrogen-bond donors (Lipinski definition) is 0. The minimum Gasteiger partial charge on any atom is -0.466 e. The molecular weight excluding hydrogens is 455 g/mol. The van der Waals surface area contributed by atoms with E-state index in [1.165, 1.54) is 23.1 Å². The van der Waals surface area contributed by atoms with E-state index in [2.05, 4.69) is 5.10 Å². The number of hydrogen-bond acceptors (Lipinski definition) is 6. The molecule has 35 heavy (non-hydrogen) atoms. The van der Waals surface area contributed by atoms with Crippen LogP contribution in [-0.4, -0.2) is 50.8 Å². The van der Waals surface area contributed by atoms with E-state index in [-0.39, 0.29) is 19.7 Å². The summed E-state index contributed by atoms with van der Waals surface area (Å²) < 4.78 is 20.7. The first-order valence-corrected chi connectivity index (χ1v) is 11.4. The third-order valence-electron chi connectivity index (χ3n) is 5.82.